The van der Waals surface area contributed by atoms with Gasteiger partial charge in [0.25, 0.3) is 0 Å². The molecular formula is C13H18N4S. The highest BCUT2D eigenvalue weighted by atomic mass is 32.2. The number of nitrogens with zero attached hydrogens (tertiary/aromatic N) is 3. The fourth-order valence-electron chi connectivity index (χ4n) is 1.79. The number of rotatable bonds is 6. The second-order valence-corrected chi connectivity index (χ2v) is 5.03. The highest BCUT2D eigenvalue weighted by molar-refractivity contribution is 7.99. The lowest BCUT2D eigenvalue weighted by atomic mass is 10.2. The SMILES string of the molecule is CCn1nncc1C(CSc1ccccc1)NC. The van der Waals surface area contributed by atoms with Gasteiger partial charge in [0.15, 0.2) is 0 Å². The molecule has 2 rings (SSSR count). The van der Waals surface area contributed by atoms with Crippen LogP contribution in [-0.2, 0) is 6.54 Å². The van der Waals surface area contributed by atoms with Crippen LogP contribution < -0.4 is 5.32 Å². The molecule has 18 heavy (non-hydrogen) atoms. The molecule has 0 aliphatic heterocycles. The predicted molar refractivity (Wildman–Crippen MR) is 74.7 cm³/mol. The third kappa shape index (κ3) is 3.11. The van der Waals surface area contributed by atoms with Gasteiger partial charge in [0.2, 0.25) is 0 Å². The summed E-state index contributed by atoms with van der Waals surface area (Å²) >= 11 is 1.84. The molecule has 4 nitrogen and oxygen atoms in total. The van der Waals surface area contributed by atoms with E-state index in [1.54, 1.807) is 0 Å². The van der Waals surface area contributed by atoms with Crippen LogP contribution in [0.15, 0.2) is 41.4 Å². The fourth-order valence-corrected chi connectivity index (χ4v) is 2.84. The summed E-state index contributed by atoms with van der Waals surface area (Å²) in [6, 6.07) is 10.7. The van der Waals surface area contributed by atoms with E-state index in [1.807, 2.05) is 35.8 Å². The van der Waals surface area contributed by atoms with Crippen molar-refractivity contribution in [2.75, 3.05) is 12.8 Å². The van der Waals surface area contributed by atoms with Gasteiger partial charge in [0.05, 0.1) is 17.9 Å². The van der Waals surface area contributed by atoms with Gasteiger partial charge in [-0.3, -0.25) is 0 Å². The van der Waals surface area contributed by atoms with Crippen molar-refractivity contribution >= 4 is 11.8 Å². The minimum atomic E-state index is 0.269. The average Bonchev–Trinajstić information content (AvgIpc) is 2.89. The highest BCUT2D eigenvalue weighted by Crippen LogP contribution is 2.23. The first-order valence-electron chi connectivity index (χ1n) is 6.08. The molecule has 2 aromatic rings. The first-order chi connectivity index (χ1) is 8.85. The van der Waals surface area contributed by atoms with Crippen LogP contribution >= 0.6 is 11.8 Å². The van der Waals surface area contributed by atoms with Crippen molar-refractivity contribution < 1.29 is 0 Å². The maximum atomic E-state index is 4.08. The molecule has 1 aromatic carbocycles. The topological polar surface area (TPSA) is 42.7 Å². The molecule has 0 spiro atoms. The number of aromatic nitrogens is 3. The zero-order valence-corrected chi connectivity index (χ0v) is 11.5. The maximum Gasteiger partial charge on any atom is 0.0764 e. The minimum absolute atomic E-state index is 0.269. The smallest absolute Gasteiger partial charge is 0.0764 e. The molecule has 0 amide bonds. The highest BCUT2D eigenvalue weighted by Gasteiger charge is 2.14. The summed E-state index contributed by atoms with van der Waals surface area (Å²) in [4.78, 5) is 1.29. The lowest BCUT2D eigenvalue weighted by Crippen LogP contribution is -2.22. The Morgan fingerprint density at radius 1 is 1.33 bits per heavy atom. The molecule has 5 heteroatoms. The Morgan fingerprint density at radius 2 is 2.11 bits per heavy atom. The molecule has 0 saturated carbocycles. The Bertz CT molecular complexity index is 469. The van der Waals surface area contributed by atoms with Crippen molar-refractivity contribution in [2.45, 2.75) is 24.4 Å². The normalized spacial score (nSPS) is 12.6. The number of thioether (sulfide) groups is 1. The van der Waals surface area contributed by atoms with Gasteiger partial charge < -0.3 is 5.32 Å². The van der Waals surface area contributed by atoms with Crippen LogP contribution in [-0.4, -0.2) is 27.8 Å². The molecule has 1 N–H and O–H groups in total. The summed E-state index contributed by atoms with van der Waals surface area (Å²) in [7, 11) is 1.98. The van der Waals surface area contributed by atoms with Crippen LogP contribution in [0.3, 0.4) is 0 Å². The van der Waals surface area contributed by atoms with E-state index in [2.05, 4.69) is 46.8 Å². The summed E-state index contributed by atoms with van der Waals surface area (Å²) in [6.07, 6.45) is 1.84. The Hall–Kier alpha value is -1.33. The maximum absolute atomic E-state index is 4.08. The molecule has 0 radical (unpaired) electrons. The summed E-state index contributed by atoms with van der Waals surface area (Å²) in [5, 5.41) is 11.4. The Morgan fingerprint density at radius 3 is 2.78 bits per heavy atom. The van der Waals surface area contributed by atoms with Crippen molar-refractivity contribution in [1.29, 1.82) is 0 Å². The van der Waals surface area contributed by atoms with Gasteiger partial charge in [0.1, 0.15) is 0 Å². The molecule has 0 fully saturated rings. The van der Waals surface area contributed by atoms with Crippen LogP contribution in [0.1, 0.15) is 18.7 Å². The van der Waals surface area contributed by atoms with E-state index >= 15 is 0 Å². The predicted octanol–water partition coefficient (Wildman–Crippen LogP) is 2.35. The van der Waals surface area contributed by atoms with Gasteiger partial charge in [0, 0.05) is 17.2 Å². The Labute approximate surface area is 112 Å². The van der Waals surface area contributed by atoms with E-state index < -0.39 is 0 Å². The van der Waals surface area contributed by atoms with Crippen LogP contribution in [0.25, 0.3) is 0 Å². The summed E-state index contributed by atoms with van der Waals surface area (Å²) in [6.45, 7) is 2.93. The summed E-state index contributed by atoms with van der Waals surface area (Å²) in [5.41, 5.74) is 1.14. The van der Waals surface area contributed by atoms with Crippen molar-refractivity contribution in [1.82, 2.24) is 20.3 Å². The van der Waals surface area contributed by atoms with Gasteiger partial charge in [-0.15, -0.1) is 16.9 Å². The van der Waals surface area contributed by atoms with Crippen molar-refractivity contribution in [2.24, 2.45) is 0 Å². The average molecular weight is 262 g/mol. The van der Waals surface area contributed by atoms with Crippen molar-refractivity contribution in [3.63, 3.8) is 0 Å². The molecule has 0 saturated heterocycles. The van der Waals surface area contributed by atoms with Crippen molar-refractivity contribution in [3.8, 4) is 0 Å². The van der Waals surface area contributed by atoms with E-state index in [0.29, 0.717) is 0 Å². The number of hydrogen-bond acceptors (Lipinski definition) is 4. The molecular weight excluding hydrogens is 244 g/mol. The first-order valence-corrected chi connectivity index (χ1v) is 7.07. The van der Waals surface area contributed by atoms with Crippen LogP contribution in [0, 0.1) is 0 Å². The van der Waals surface area contributed by atoms with E-state index in [-0.39, 0.29) is 6.04 Å². The van der Waals surface area contributed by atoms with Gasteiger partial charge in [-0.1, -0.05) is 23.4 Å². The van der Waals surface area contributed by atoms with Gasteiger partial charge in [-0.25, -0.2) is 4.68 Å². The van der Waals surface area contributed by atoms with E-state index in [4.69, 9.17) is 0 Å². The Kier molecular flexibility index (Phi) is 4.78. The number of nitrogens with one attached hydrogen (secondary N) is 1. The Balaban J connectivity index is 2.02. The van der Waals surface area contributed by atoms with E-state index in [1.165, 1.54) is 4.90 Å². The van der Waals surface area contributed by atoms with Crippen LogP contribution in [0.5, 0.6) is 0 Å². The summed E-state index contributed by atoms with van der Waals surface area (Å²) in [5.74, 6) is 0.966. The molecule has 1 atom stereocenters. The number of aryl methyl sites for hydroxylation is 1. The van der Waals surface area contributed by atoms with Crippen LogP contribution in [0.4, 0.5) is 0 Å². The zero-order valence-electron chi connectivity index (χ0n) is 10.7. The lowest BCUT2D eigenvalue weighted by Gasteiger charge is -2.16. The van der Waals surface area contributed by atoms with Gasteiger partial charge >= 0.3 is 0 Å². The largest absolute Gasteiger partial charge is 0.311 e. The molecule has 1 heterocycles. The molecule has 0 bridgehead atoms. The zero-order chi connectivity index (χ0) is 12.8. The van der Waals surface area contributed by atoms with Crippen LogP contribution in [0.2, 0.25) is 0 Å². The van der Waals surface area contributed by atoms with Gasteiger partial charge in [-0.2, -0.15) is 0 Å². The fraction of sp³-hybridized carbons (Fsp3) is 0.385. The van der Waals surface area contributed by atoms with Gasteiger partial charge in [-0.05, 0) is 26.1 Å². The molecule has 0 aliphatic rings. The lowest BCUT2D eigenvalue weighted by molar-refractivity contribution is 0.540. The molecule has 96 valence electrons. The third-order valence-corrected chi connectivity index (χ3v) is 3.92. The monoisotopic (exact) mass is 262 g/mol. The number of benzene rings is 1. The standard InChI is InChI=1S/C13H18N4S/c1-3-17-13(9-15-16-17)12(14-2)10-18-11-7-5-4-6-8-11/h4-9,12,14H,3,10H2,1-2H3. The first kappa shape index (κ1) is 13.1. The molecule has 1 aromatic heterocycles. The number of hydrogen-bond donors (Lipinski definition) is 1. The quantitative estimate of drug-likeness (QED) is 0.812. The van der Waals surface area contributed by atoms with E-state index in [0.717, 1.165) is 18.0 Å². The molecule has 0 aliphatic carbocycles. The minimum Gasteiger partial charge on any atom is -0.311 e. The second kappa shape index (κ2) is 6.56. The second-order valence-electron chi connectivity index (χ2n) is 3.94. The van der Waals surface area contributed by atoms with E-state index in [9.17, 15) is 0 Å². The summed E-state index contributed by atoms with van der Waals surface area (Å²) < 4.78 is 1.94. The van der Waals surface area contributed by atoms with Crippen molar-refractivity contribution in [3.05, 3.63) is 42.2 Å². The third-order valence-electron chi connectivity index (χ3n) is 2.81. The molecule has 1 unspecified atom stereocenters.